The lowest BCUT2D eigenvalue weighted by molar-refractivity contribution is -0.132. The van der Waals surface area contributed by atoms with Crippen molar-refractivity contribution < 1.29 is 4.74 Å². The van der Waals surface area contributed by atoms with Crippen molar-refractivity contribution in [1.82, 2.24) is 5.32 Å². The van der Waals surface area contributed by atoms with Crippen LogP contribution in [0.1, 0.15) is 52.4 Å². The van der Waals surface area contributed by atoms with Crippen LogP contribution in [0.15, 0.2) is 0 Å². The molecule has 0 bridgehead atoms. The molecule has 3 rings (SSSR count). The predicted molar refractivity (Wildman–Crippen MR) is 65.4 cm³/mol. The largest absolute Gasteiger partial charge is 0.377 e. The van der Waals surface area contributed by atoms with Gasteiger partial charge in [-0.05, 0) is 32.6 Å². The van der Waals surface area contributed by atoms with E-state index in [0.717, 1.165) is 18.6 Å². The van der Waals surface area contributed by atoms with Gasteiger partial charge in [0.1, 0.15) is 0 Å². The van der Waals surface area contributed by atoms with Gasteiger partial charge in [-0.3, -0.25) is 0 Å². The van der Waals surface area contributed by atoms with E-state index in [9.17, 15) is 0 Å². The average molecular weight is 223 g/mol. The highest BCUT2D eigenvalue weighted by Crippen LogP contribution is 2.60. The van der Waals surface area contributed by atoms with Crippen LogP contribution in [0, 0.1) is 11.3 Å². The molecule has 1 spiro atoms. The van der Waals surface area contributed by atoms with Gasteiger partial charge in [0, 0.05) is 30.0 Å². The van der Waals surface area contributed by atoms with Crippen molar-refractivity contribution in [2.75, 3.05) is 6.61 Å². The third kappa shape index (κ3) is 1.39. The first-order valence-corrected chi connectivity index (χ1v) is 7.15. The van der Waals surface area contributed by atoms with Gasteiger partial charge in [-0.2, -0.15) is 0 Å². The van der Waals surface area contributed by atoms with E-state index < -0.39 is 0 Å². The van der Waals surface area contributed by atoms with Gasteiger partial charge < -0.3 is 10.1 Å². The summed E-state index contributed by atoms with van der Waals surface area (Å²) in [6, 6.07) is 1.43. The van der Waals surface area contributed by atoms with Gasteiger partial charge in [0.2, 0.25) is 0 Å². The van der Waals surface area contributed by atoms with Crippen LogP contribution >= 0.6 is 0 Å². The Hall–Kier alpha value is -0.0800. The maximum Gasteiger partial charge on any atom is 0.0690 e. The summed E-state index contributed by atoms with van der Waals surface area (Å²) in [6.45, 7) is 5.61. The molecule has 3 fully saturated rings. The van der Waals surface area contributed by atoms with Crippen molar-refractivity contribution >= 4 is 0 Å². The molecule has 16 heavy (non-hydrogen) atoms. The Labute approximate surface area is 99.1 Å². The SMILES string of the molecule is CCC(C)NC1C2CCOC2C12CCCC2. The van der Waals surface area contributed by atoms with E-state index >= 15 is 0 Å². The minimum absolute atomic E-state index is 0.532. The van der Waals surface area contributed by atoms with Crippen LogP contribution in [0.5, 0.6) is 0 Å². The summed E-state index contributed by atoms with van der Waals surface area (Å²) in [5, 5.41) is 3.89. The van der Waals surface area contributed by atoms with Gasteiger partial charge in [0.15, 0.2) is 0 Å². The number of nitrogens with one attached hydrogen (secondary N) is 1. The Morgan fingerprint density at radius 1 is 1.38 bits per heavy atom. The molecule has 0 aromatic heterocycles. The second-order valence-electron chi connectivity index (χ2n) is 6.14. The van der Waals surface area contributed by atoms with Crippen molar-refractivity contribution in [2.24, 2.45) is 11.3 Å². The molecular weight excluding hydrogens is 198 g/mol. The molecule has 2 nitrogen and oxygen atoms in total. The summed E-state index contributed by atoms with van der Waals surface area (Å²) in [6.07, 6.45) is 8.79. The molecule has 2 saturated carbocycles. The normalized spacial score (nSPS) is 42.0. The second-order valence-corrected chi connectivity index (χ2v) is 6.14. The lowest BCUT2D eigenvalue weighted by Gasteiger charge is -2.57. The van der Waals surface area contributed by atoms with E-state index in [0.29, 0.717) is 17.6 Å². The first-order chi connectivity index (χ1) is 7.78. The lowest BCUT2D eigenvalue weighted by atomic mass is 9.54. The first kappa shape index (κ1) is 11.0. The van der Waals surface area contributed by atoms with Gasteiger partial charge in [-0.25, -0.2) is 0 Å². The highest BCUT2D eigenvalue weighted by molar-refractivity contribution is 5.16. The summed E-state index contributed by atoms with van der Waals surface area (Å²) in [7, 11) is 0. The minimum Gasteiger partial charge on any atom is -0.377 e. The number of fused-ring (bicyclic) bond motifs is 2. The van der Waals surface area contributed by atoms with Crippen molar-refractivity contribution in [3.05, 3.63) is 0 Å². The molecule has 92 valence electrons. The highest BCUT2D eigenvalue weighted by atomic mass is 16.5. The van der Waals surface area contributed by atoms with Crippen LogP contribution in [0.4, 0.5) is 0 Å². The zero-order chi connectivity index (χ0) is 11.2. The van der Waals surface area contributed by atoms with Crippen LogP contribution in [-0.2, 0) is 4.74 Å². The molecule has 0 aromatic rings. The van der Waals surface area contributed by atoms with Gasteiger partial charge in [0.05, 0.1) is 6.10 Å². The number of ether oxygens (including phenoxy) is 1. The number of rotatable bonds is 3. The van der Waals surface area contributed by atoms with Gasteiger partial charge in [-0.1, -0.05) is 19.8 Å². The average Bonchev–Trinajstić information content (AvgIpc) is 2.92. The molecule has 0 radical (unpaired) electrons. The third-order valence-corrected chi connectivity index (χ3v) is 5.36. The van der Waals surface area contributed by atoms with E-state index in [4.69, 9.17) is 4.74 Å². The molecular formula is C14H25NO. The fourth-order valence-electron chi connectivity index (χ4n) is 4.37. The Balaban J connectivity index is 1.74. The molecule has 2 heteroatoms. The summed E-state index contributed by atoms with van der Waals surface area (Å²) in [4.78, 5) is 0. The Bertz CT molecular complexity index is 259. The van der Waals surface area contributed by atoms with E-state index in [1.165, 1.54) is 38.5 Å². The molecule has 4 atom stereocenters. The van der Waals surface area contributed by atoms with Crippen molar-refractivity contribution in [2.45, 2.75) is 70.6 Å². The zero-order valence-electron chi connectivity index (χ0n) is 10.7. The van der Waals surface area contributed by atoms with Crippen LogP contribution in [0.25, 0.3) is 0 Å². The van der Waals surface area contributed by atoms with Gasteiger partial charge in [0.25, 0.3) is 0 Å². The predicted octanol–water partition coefficient (Wildman–Crippen LogP) is 2.72. The molecule has 1 saturated heterocycles. The third-order valence-electron chi connectivity index (χ3n) is 5.36. The second kappa shape index (κ2) is 3.99. The Kier molecular flexibility index (Phi) is 2.75. The summed E-state index contributed by atoms with van der Waals surface area (Å²) < 4.78 is 6.00. The van der Waals surface area contributed by atoms with E-state index in [-0.39, 0.29) is 0 Å². The van der Waals surface area contributed by atoms with Crippen LogP contribution in [-0.4, -0.2) is 24.8 Å². The quantitative estimate of drug-likeness (QED) is 0.794. The van der Waals surface area contributed by atoms with Gasteiger partial charge in [-0.15, -0.1) is 0 Å². The minimum atomic E-state index is 0.532. The first-order valence-electron chi connectivity index (χ1n) is 7.15. The fourth-order valence-corrected chi connectivity index (χ4v) is 4.37. The van der Waals surface area contributed by atoms with Crippen LogP contribution in [0.2, 0.25) is 0 Å². The topological polar surface area (TPSA) is 21.3 Å². The number of hydrogen-bond donors (Lipinski definition) is 1. The highest BCUT2D eigenvalue weighted by Gasteiger charge is 2.64. The van der Waals surface area contributed by atoms with Crippen molar-refractivity contribution in [1.29, 1.82) is 0 Å². The van der Waals surface area contributed by atoms with Crippen molar-refractivity contribution in [3.63, 3.8) is 0 Å². The monoisotopic (exact) mass is 223 g/mol. The number of hydrogen-bond acceptors (Lipinski definition) is 2. The maximum absolute atomic E-state index is 6.00. The fraction of sp³-hybridized carbons (Fsp3) is 1.00. The Morgan fingerprint density at radius 2 is 2.12 bits per heavy atom. The molecule has 4 unspecified atom stereocenters. The maximum atomic E-state index is 6.00. The van der Waals surface area contributed by atoms with Crippen LogP contribution < -0.4 is 5.32 Å². The standard InChI is InChI=1S/C14H25NO/c1-3-10(2)15-12-11-6-9-16-13(11)14(12)7-4-5-8-14/h10-13,15H,3-9H2,1-2H3. The molecule has 3 aliphatic rings. The molecule has 1 N–H and O–H groups in total. The zero-order valence-corrected chi connectivity index (χ0v) is 10.7. The van der Waals surface area contributed by atoms with Gasteiger partial charge >= 0.3 is 0 Å². The smallest absolute Gasteiger partial charge is 0.0690 e. The lowest BCUT2D eigenvalue weighted by Crippen LogP contribution is -2.68. The van der Waals surface area contributed by atoms with Crippen molar-refractivity contribution in [3.8, 4) is 0 Å². The van der Waals surface area contributed by atoms with E-state index in [2.05, 4.69) is 19.2 Å². The molecule has 1 aliphatic heterocycles. The summed E-state index contributed by atoms with van der Waals surface area (Å²) >= 11 is 0. The molecule has 1 heterocycles. The van der Waals surface area contributed by atoms with Crippen LogP contribution in [0.3, 0.4) is 0 Å². The Morgan fingerprint density at radius 3 is 2.81 bits per heavy atom. The summed E-state index contributed by atoms with van der Waals surface area (Å²) in [5.74, 6) is 0.826. The van der Waals surface area contributed by atoms with E-state index in [1.807, 2.05) is 0 Å². The summed E-state index contributed by atoms with van der Waals surface area (Å²) in [5.41, 5.74) is 0.532. The molecule has 0 amide bonds. The molecule has 0 aromatic carbocycles. The molecule has 2 aliphatic carbocycles. The van der Waals surface area contributed by atoms with E-state index in [1.54, 1.807) is 0 Å².